The normalized spacial score (nSPS) is 25.3. The molecule has 1 aromatic rings. The first-order valence-corrected chi connectivity index (χ1v) is 11.7. The number of oxime groups is 1. The number of aromatic nitrogens is 1. The van der Waals surface area contributed by atoms with Crippen LogP contribution in [0.1, 0.15) is 18.5 Å². The molecule has 5 N–H and O–H groups in total. The van der Waals surface area contributed by atoms with Crippen LogP contribution < -0.4 is 16.2 Å². The molecule has 3 saturated heterocycles. The fourth-order valence-electron chi connectivity index (χ4n) is 3.91. The Morgan fingerprint density at radius 3 is 2.83 bits per heavy atom. The van der Waals surface area contributed by atoms with Gasteiger partial charge >= 0.3 is 16.4 Å². The highest BCUT2D eigenvalue weighted by atomic mass is 32.3. The topological polar surface area (TPSA) is 222 Å². The summed E-state index contributed by atoms with van der Waals surface area (Å²) in [5, 5.41) is 26.4. The van der Waals surface area contributed by atoms with Crippen molar-refractivity contribution in [3.63, 3.8) is 0 Å². The standard InChI is InChI=1S/C17H22N6O11S/c24-13-3-10(22(28)7-14(13)25)8-32-19-11-4-18-5-15(11)33-20-16(26)12-2-1-9-6-21(12)17(27)23(9)34-35(29,30)31/h3,7,9,12,15,18,25,28H,1-2,4-6,8H2,(H,20,26)(H,29,30,31)/b19-11+. The molecule has 3 fully saturated rings. The zero-order chi connectivity index (χ0) is 25.3. The van der Waals surface area contributed by atoms with Crippen molar-refractivity contribution in [1.82, 2.24) is 25.5 Å². The van der Waals surface area contributed by atoms with E-state index in [0.717, 1.165) is 17.2 Å². The maximum absolute atomic E-state index is 12.7. The van der Waals surface area contributed by atoms with Gasteiger partial charge in [-0.2, -0.15) is 18.2 Å². The van der Waals surface area contributed by atoms with Gasteiger partial charge in [-0.3, -0.25) is 19.0 Å². The number of pyridine rings is 1. The molecule has 3 amide bonds. The second kappa shape index (κ2) is 9.66. The zero-order valence-electron chi connectivity index (χ0n) is 17.9. The molecule has 3 aliphatic heterocycles. The lowest BCUT2D eigenvalue weighted by atomic mass is 10.0. The Bertz CT molecular complexity index is 1200. The number of hydrogen-bond acceptors (Lipinski definition) is 12. The first-order chi connectivity index (χ1) is 16.5. The van der Waals surface area contributed by atoms with Gasteiger partial charge in [0.1, 0.15) is 23.6 Å². The van der Waals surface area contributed by atoms with Crippen molar-refractivity contribution in [2.75, 3.05) is 19.6 Å². The third-order valence-electron chi connectivity index (χ3n) is 5.59. The van der Waals surface area contributed by atoms with Gasteiger partial charge in [-0.05, 0) is 12.8 Å². The second-order valence-electron chi connectivity index (χ2n) is 7.93. The number of piperidine rings is 1. The van der Waals surface area contributed by atoms with Gasteiger partial charge in [0.25, 0.3) is 5.91 Å². The summed E-state index contributed by atoms with van der Waals surface area (Å²) in [4.78, 5) is 48.2. The minimum absolute atomic E-state index is 0.0329. The van der Waals surface area contributed by atoms with Crippen LogP contribution in [0.25, 0.3) is 0 Å². The van der Waals surface area contributed by atoms with Crippen molar-refractivity contribution in [1.29, 1.82) is 0 Å². The molecule has 35 heavy (non-hydrogen) atoms. The Balaban J connectivity index is 1.31. The summed E-state index contributed by atoms with van der Waals surface area (Å²) in [5.74, 6) is -1.28. The Morgan fingerprint density at radius 2 is 2.09 bits per heavy atom. The number of hydroxylamine groups is 3. The lowest BCUT2D eigenvalue weighted by Gasteiger charge is -2.29. The van der Waals surface area contributed by atoms with Crippen molar-refractivity contribution in [2.45, 2.75) is 37.6 Å². The monoisotopic (exact) mass is 518 g/mol. The van der Waals surface area contributed by atoms with E-state index in [1.807, 2.05) is 0 Å². The van der Waals surface area contributed by atoms with Gasteiger partial charge in [0.15, 0.2) is 12.4 Å². The molecule has 3 unspecified atom stereocenters. The lowest BCUT2D eigenvalue weighted by molar-refractivity contribution is -0.140. The quantitative estimate of drug-likeness (QED) is 0.139. The summed E-state index contributed by atoms with van der Waals surface area (Å²) >= 11 is 0. The lowest BCUT2D eigenvalue weighted by Crippen LogP contribution is -2.50. The molecule has 4 heterocycles. The SMILES string of the molecule is O=C(NOC1CNC/C1=N\OCc1cc(=O)c(O)cn1O)C1CCC2CN1C(=O)N2OS(=O)(=O)O. The Morgan fingerprint density at radius 1 is 1.31 bits per heavy atom. The summed E-state index contributed by atoms with van der Waals surface area (Å²) in [6.45, 7) is 0.277. The molecule has 18 heteroatoms. The minimum Gasteiger partial charge on any atom is -0.503 e. The van der Waals surface area contributed by atoms with E-state index >= 15 is 0 Å². The molecule has 0 aromatic carbocycles. The Kier molecular flexibility index (Phi) is 6.81. The molecule has 192 valence electrons. The highest BCUT2D eigenvalue weighted by Crippen LogP contribution is 2.30. The average molecular weight is 518 g/mol. The Labute approximate surface area is 197 Å². The number of nitrogens with zero attached hydrogens (tertiary/aromatic N) is 4. The van der Waals surface area contributed by atoms with Gasteiger partial charge in [-0.15, -0.1) is 4.28 Å². The predicted octanol–water partition coefficient (Wildman–Crippen LogP) is -2.31. The summed E-state index contributed by atoms with van der Waals surface area (Å²) in [5.41, 5.74) is 1.97. The van der Waals surface area contributed by atoms with Crippen LogP contribution in [-0.4, -0.2) is 93.4 Å². The highest BCUT2D eigenvalue weighted by molar-refractivity contribution is 7.80. The van der Waals surface area contributed by atoms with Gasteiger partial charge in [0.2, 0.25) is 5.43 Å². The van der Waals surface area contributed by atoms with E-state index in [1.165, 1.54) is 0 Å². The van der Waals surface area contributed by atoms with E-state index in [-0.39, 0.29) is 44.8 Å². The number of hydrogen-bond donors (Lipinski definition) is 5. The minimum atomic E-state index is -4.90. The van der Waals surface area contributed by atoms with Crippen molar-refractivity contribution < 1.29 is 46.8 Å². The molecule has 0 aliphatic carbocycles. The second-order valence-corrected chi connectivity index (χ2v) is 8.93. The molecule has 17 nitrogen and oxygen atoms in total. The third-order valence-corrected chi connectivity index (χ3v) is 5.94. The molecule has 3 atom stereocenters. The number of urea groups is 1. The summed E-state index contributed by atoms with van der Waals surface area (Å²) in [6, 6.07) is -1.48. The van der Waals surface area contributed by atoms with E-state index in [1.54, 1.807) is 0 Å². The average Bonchev–Trinajstić information content (AvgIpc) is 3.33. The number of amides is 3. The summed E-state index contributed by atoms with van der Waals surface area (Å²) < 4.78 is 35.6. The van der Waals surface area contributed by atoms with E-state index in [0.29, 0.717) is 15.5 Å². The van der Waals surface area contributed by atoms with Crippen LogP contribution in [0.2, 0.25) is 0 Å². The molecule has 1 aromatic heterocycles. The van der Waals surface area contributed by atoms with Crippen molar-refractivity contribution in [3.05, 3.63) is 28.2 Å². The fraction of sp³-hybridized carbons (Fsp3) is 0.529. The van der Waals surface area contributed by atoms with Crippen molar-refractivity contribution in [2.24, 2.45) is 5.16 Å². The summed E-state index contributed by atoms with van der Waals surface area (Å²) in [7, 11) is -4.90. The molecule has 0 saturated carbocycles. The third kappa shape index (κ3) is 5.46. The van der Waals surface area contributed by atoms with E-state index in [4.69, 9.17) is 14.2 Å². The fourth-order valence-corrected chi connectivity index (χ4v) is 4.30. The number of carbonyl (C=O) groups excluding carboxylic acids is 2. The maximum atomic E-state index is 12.7. The molecular weight excluding hydrogens is 496 g/mol. The molecular formula is C17H22N6O11S. The van der Waals surface area contributed by atoms with Gasteiger partial charge < -0.3 is 25.4 Å². The molecule has 0 spiro atoms. The van der Waals surface area contributed by atoms with Crippen LogP contribution in [-0.2, 0) is 35.8 Å². The first-order valence-electron chi connectivity index (χ1n) is 10.3. The van der Waals surface area contributed by atoms with Crippen LogP contribution in [0.15, 0.2) is 22.2 Å². The highest BCUT2D eigenvalue weighted by Gasteiger charge is 2.49. The van der Waals surface area contributed by atoms with Crippen molar-refractivity contribution >= 4 is 28.0 Å². The zero-order valence-corrected chi connectivity index (χ0v) is 18.8. The van der Waals surface area contributed by atoms with Crippen molar-refractivity contribution in [3.8, 4) is 5.75 Å². The van der Waals surface area contributed by atoms with Crippen LogP contribution in [0.3, 0.4) is 0 Å². The van der Waals surface area contributed by atoms with Gasteiger partial charge in [0, 0.05) is 25.7 Å². The van der Waals surface area contributed by atoms with E-state index < -0.39 is 51.7 Å². The number of aromatic hydroxyl groups is 1. The van der Waals surface area contributed by atoms with Gasteiger partial charge in [-0.25, -0.2) is 10.3 Å². The van der Waals surface area contributed by atoms with Crippen LogP contribution in [0.4, 0.5) is 4.79 Å². The van der Waals surface area contributed by atoms with Crippen LogP contribution in [0, 0.1) is 0 Å². The van der Waals surface area contributed by atoms with Gasteiger partial charge in [-0.1, -0.05) is 5.16 Å². The number of nitrogens with one attached hydrogen (secondary N) is 2. The molecule has 3 aliphatic rings. The molecule has 4 rings (SSSR count). The smallest absolute Gasteiger partial charge is 0.418 e. The summed E-state index contributed by atoms with van der Waals surface area (Å²) in [6.07, 6.45) is 0.563. The number of carbonyl (C=O) groups is 2. The Hall–Kier alpha value is -3.45. The van der Waals surface area contributed by atoms with Crippen LogP contribution >= 0.6 is 0 Å². The van der Waals surface area contributed by atoms with Gasteiger partial charge in [0.05, 0.1) is 12.2 Å². The van der Waals surface area contributed by atoms with E-state index in [9.17, 15) is 33.1 Å². The first kappa shape index (κ1) is 24.7. The maximum Gasteiger partial charge on any atom is 0.418 e. The molecule has 2 bridgehead atoms. The molecule has 0 radical (unpaired) electrons. The van der Waals surface area contributed by atoms with E-state index in [2.05, 4.69) is 20.2 Å². The number of fused-ring (bicyclic) bond motifs is 2. The van der Waals surface area contributed by atoms with Crippen LogP contribution in [0.5, 0.6) is 5.75 Å². The predicted molar refractivity (Wildman–Crippen MR) is 111 cm³/mol. The number of rotatable bonds is 8. The largest absolute Gasteiger partial charge is 0.503 e.